The number of nitrogens with zero attached hydrogens (tertiary/aromatic N) is 1. The monoisotopic (exact) mass is 282 g/mol. The molecule has 0 spiro atoms. The van der Waals surface area contributed by atoms with Crippen molar-refractivity contribution in [2.24, 2.45) is 5.73 Å². The highest BCUT2D eigenvalue weighted by molar-refractivity contribution is 9.10. The van der Waals surface area contributed by atoms with Crippen LogP contribution >= 0.6 is 15.9 Å². The molecular weight excluding hydrogens is 268 g/mol. The van der Waals surface area contributed by atoms with Crippen molar-refractivity contribution in [2.75, 3.05) is 6.54 Å². The quantitative estimate of drug-likeness (QED) is 0.941. The van der Waals surface area contributed by atoms with Crippen LogP contribution < -0.4 is 5.73 Å². The van der Waals surface area contributed by atoms with E-state index in [1.165, 1.54) is 5.56 Å². The number of nitrogens with two attached hydrogens (primary N) is 1. The average Bonchev–Trinajstić information content (AvgIpc) is 2.66. The third kappa shape index (κ3) is 1.99. The fourth-order valence-corrected chi connectivity index (χ4v) is 2.20. The van der Waals surface area contributed by atoms with E-state index in [0.29, 0.717) is 6.54 Å². The van der Waals surface area contributed by atoms with Gasteiger partial charge in [-0.3, -0.25) is 0 Å². The van der Waals surface area contributed by atoms with Crippen molar-refractivity contribution < 1.29 is 4.42 Å². The Morgan fingerprint density at radius 3 is 2.81 bits per heavy atom. The molecule has 16 heavy (non-hydrogen) atoms. The molecule has 1 aromatic carbocycles. The molecule has 2 rings (SSSR count). The molecule has 0 amide bonds. The van der Waals surface area contributed by atoms with Gasteiger partial charge in [0, 0.05) is 10.9 Å². The lowest BCUT2D eigenvalue weighted by molar-refractivity contribution is 0.519. The second-order valence-corrected chi connectivity index (χ2v) is 4.81. The predicted molar refractivity (Wildman–Crippen MR) is 68.6 cm³/mol. The molecule has 3 nitrogen and oxygen atoms in total. The van der Waals surface area contributed by atoms with Gasteiger partial charge >= 0.3 is 0 Å². The smallest absolute Gasteiger partial charge is 0.195 e. The van der Waals surface area contributed by atoms with Crippen molar-refractivity contribution in [1.29, 1.82) is 0 Å². The van der Waals surface area contributed by atoms with Gasteiger partial charge in [-0.1, -0.05) is 15.9 Å². The molecule has 0 bridgehead atoms. The van der Waals surface area contributed by atoms with Gasteiger partial charge in [-0.15, -0.1) is 0 Å². The molecule has 0 atom stereocenters. The second-order valence-electron chi connectivity index (χ2n) is 3.96. The van der Waals surface area contributed by atoms with Crippen LogP contribution in [0.3, 0.4) is 0 Å². The van der Waals surface area contributed by atoms with E-state index in [1.54, 1.807) is 0 Å². The summed E-state index contributed by atoms with van der Waals surface area (Å²) < 4.78 is 6.83. The SMILES string of the molecule is Cc1c(Br)cc2nc(CCCN)oc2c1C. The fourth-order valence-electron chi connectivity index (χ4n) is 1.68. The molecule has 0 aliphatic carbocycles. The first-order valence-corrected chi connectivity index (χ1v) is 6.18. The molecule has 0 aliphatic heterocycles. The van der Waals surface area contributed by atoms with Gasteiger partial charge in [0.1, 0.15) is 5.52 Å². The van der Waals surface area contributed by atoms with Crippen molar-refractivity contribution in [1.82, 2.24) is 4.98 Å². The molecule has 0 radical (unpaired) electrons. The van der Waals surface area contributed by atoms with Crippen LogP contribution in [0.25, 0.3) is 11.1 Å². The number of hydrogen-bond acceptors (Lipinski definition) is 3. The van der Waals surface area contributed by atoms with Gasteiger partial charge in [0.2, 0.25) is 0 Å². The molecule has 0 aliphatic rings. The van der Waals surface area contributed by atoms with Crippen LogP contribution in [0.2, 0.25) is 0 Å². The summed E-state index contributed by atoms with van der Waals surface area (Å²) in [7, 11) is 0. The molecule has 0 unspecified atom stereocenters. The minimum absolute atomic E-state index is 0.667. The summed E-state index contributed by atoms with van der Waals surface area (Å²) in [6.07, 6.45) is 1.72. The normalized spacial score (nSPS) is 11.2. The van der Waals surface area contributed by atoms with E-state index in [-0.39, 0.29) is 0 Å². The standard InChI is InChI=1S/C12H15BrN2O/c1-7-8(2)12-10(6-9(7)13)15-11(16-12)4-3-5-14/h6H,3-5,14H2,1-2H3. The van der Waals surface area contributed by atoms with Crippen LogP contribution in [0.15, 0.2) is 15.0 Å². The van der Waals surface area contributed by atoms with E-state index in [9.17, 15) is 0 Å². The van der Waals surface area contributed by atoms with Gasteiger partial charge in [0.25, 0.3) is 0 Å². The molecule has 0 saturated carbocycles. The second kappa shape index (κ2) is 4.55. The third-order valence-corrected chi connectivity index (χ3v) is 3.64. The van der Waals surface area contributed by atoms with Crippen LogP contribution in [0.5, 0.6) is 0 Å². The summed E-state index contributed by atoms with van der Waals surface area (Å²) in [6, 6.07) is 2.01. The predicted octanol–water partition coefficient (Wildman–Crippen LogP) is 3.10. The maximum absolute atomic E-state index is 5.75. The zero-order chi connectivity index (χ0) is 11.7. The van der Waals surface area contributed by atoms with Crippen molar-refractivity contribution in [3.05, 3.63) is 27.6 Å². The molecule has 1 aromatic heterocycles. The first-order chi connectivity index (χ1) is 7.63. The molecule has 1 heterocycles. The molecule has 0 saturated heterocycles. The lowest BCUT2D eigenvalue weighted by Crippen LogP contribution is -2.00. The Balaban J connectivity index is 2.49. The highest BCUT2D eigenvalue weighted by Gasteiger charge is 2.11. The van der Waals surface area contributed by atoms with Crippen LogP contribution in [0, 0.1) is 13.8 Å². The first kappa shape index (κ1) is 11.6. The number of benzene rings is 1. The Morgan fingerprint density at radius 2 is 2.12 bits per heavy atom. The van der Waals surface area contributed by atoms with Crippen molar-refractivity contribution in [2.45, 2.75) is 26.7 Å². The van der Waals surface area contributed by atoms with Crippen molar-refractivity contribution in [3.63, 3.8) is 0 Å². The Morgan fingerprint density at radius 1 is 1.38 bits per heavy atom. The number of rotatable bonds is 3. The summed E-state index contributed by atoms with van der Waals surface area (Å²) in [4.78, 5) is 4.46. The van der Waals surface area contributed by atoms with Crippen LogP contribution in [-0.4, -0.2) is 11.5 Å². The van der Waals surface area contributed by atoms with Crippen LogP contribution in [-0.2, 0) is 6.42 Å². The highest BCUT2D eigenvalue weighted by atomic mass is 79.9. The zero-order valence-electron chi connectivity index (χ0n) is 9.51. The van der Waals surface area contributed by atoms with Crippen LogP contribution in [0.1, 0.15) is 23.4 Å². The Labute approximate surface area is 103 Å². The zero-order valence-corrected chi connectivity index (χ0v) is 11.1. The molecule has 2 aromatic rings. The van der Waals surface area contributed by atoms with E-state index in [1.807, 2.05) is 6.07 Å². The Hall–Kier alpha value is -0.870. The largest absolute Gasteiger partial charge is 0.440 e. The first-order valence-electron chi connectivity index (χ1n) is 5.38. The maximum atomic E-state index is 5.75. The third-order valence-electron chi connectivity index (χ3n) is 2.82. The van der Waals surface area contributed by atoms with Gasteiger partial charge in [-0.05, 0) is 44.0 Å². The number of aromatic nitrogens is 1. The van der Waals surface area contributed by atoms with Crippen LogP contribution in [0.4, 0.5) is 0 Å². The average molecular weight is 283 g/mol. The lowest BCUT2D eigenvalue weighted by Gasteiger charge is -2.01. The topological polar surface area (TPSA) is 52.0 Å². The van der Waals surface area contributed by atoms with E-state index in [4.69, 9.17) is 10.2 Å². The van der Waals surface area contributed by atoms with Crippen molar-refractivity contribution in [3.8, 4) is 0 Å². The van der Waals surface area contributed by atoms with E-state index < -0.39 is 0 Å². The number of oxazole rings is 1. The molecule has 4 heteroatoms. The number of fused-ring (bicyclic) bond motifs is 1. The molecule has 2 N–H and O–H groups in total. The minimum Gasteiger partial charge on any atom is -0.440 e. The Bertz CT molecular complexity index is 519. The number of hydrogen-bond donors (Lipinski definition) is 1. The summed E-state index contributed by atoms with van der Waals surface area (Å²) in [5.41, 5.74) is 9.64. The van der Waals surface area contributed by atoms with E-state index in [2.05, 4.69) is 34.8 Å². The summed E-state index contributed by atoms with van der Waals surface area (Å²) in [5.74, 6) is 0.779. The summed E-state index contributed by atoms with van der Waals surface area (Å²) in [6.45, 7) is 4.79. The maximum Gasteiger partial charge on any atom is 0.195 e. The van der Waals surface area contributed by atoms with E-state index in [0.717, 1.165) is 39.9 Å². The van der Waals surface area contributed by atoms with Gasteiger partial charge < -0.3 is 10.2 Å². The number of aryl methyl sites for hydroxylation is 2. The van der Waals surface area contributed by atoms with Gasteiger partial charge in [0.15, 0.2) is 11.5 Å². The molecule has 86 valence electrons. The molecule has 0 fully saturated rings. The van der Waals surface area contributed by atoms with E-state index >= 15 is 0 Å². The lowest BCUT2D eigenvalue weighted by atomic mass is 10.1. The van der Waals surface area contributed by atoms with Gasteiger partial charge in [0.05, 0.1) is 0 Å². The van der Waals surface area contributed by atoms with Gasteiger partial charge in [-0.25, -0.2) is 4.98 Å². The van der Waals surface area contributed by atoms with Crippen molar-refractivity contribution >= 4 is 27.0 Å². The van der Waals surface area contributed by atoms with Gasteiger partial charge in [-0.2, -0.15) is 0 Å². The minimum atomic E-state index is 0.667. The Kier molecular flexibility index (Phi) is 3.30. The summed E-state index contributed by atoms with van der Waals surface area (Å²) in [5, 5.41) is 0. The summed E-state index contributed by atoms with van der Waals surface area (Å²) >= 11 is 3.53. The fraction of sp³-hybridized carbons (Fsp3) is 0.417. The highest BCUT2D eigenvalue weighted by Crippen LogP contribution is 2.29. The number of halogens is 1. The molecular formula is C12H15BrN2O.